The predicted octanol–water partition coefficient (Wildman–Crippen LogP) is 15.3. The van der Waals surface area contributed by atoms with E-state index in [-0.39, 0.29) is 38.6 Å². The maximum absolute atomic E-state index is 12.6. The van der Waals surface area contributed by atoms with E-state index in [9.17, 15) is 19.0 Å². The standard InChI is InChI=1S/C50H98NO8P/c1-3-5-7-9-11-13-15-17-19-21-22-23-24-25-27-28-30-32-34-36-38-40-42-49(52)56-46-48(47-58-60(54,55)57-45-44-51)59-50(53)43-41-39-37-35-33-31-29-26-20-18-16-14-12-10-8-6-4-2/h18,20,48H,3-17,19,21-47,51H2,1-2H3,(H,54,55)/b20-18+/t48-/m1/s1. The average Bonchev–Trinajstić information content (AvgIpc) is 3.24. The summed E-state index contributed by atoms with van der Waals surface area (Å²) in [6.45, 7) is 3.78. The molecule has 0 aromatic carbocycles. The van der Waals surface area contributed by atoms with Crippen LogP contribution in [0.3, 0.4) is 0 Å². The van der Waals surface area contributed by atoms with E-state index < -0.39 is 26.5 Å². The third-order valence-electron chi connectivity index (χ3n) is 11.4. The van der Waals surface area contributed by atoms with Gasteiger partial charge in [0.2, 0.25) is 0 Å². The molecule has 356 valence electrons. The Labute approximate surface area is 370 Å². The molecular weight excluding hydrogens is 774 g/mol. The number of carbonyl (C=O) groups excluding carboxylic acids is 2. The Morgan fingerprint density at radius 3 is 1.18 bits per heavy atom. The van der Waals surface area contributed by atoms with Crippen molar-refractivity contribution in [1.29, 1.82) is 0 Å². The molecule has 0 saturated carbocycles. The average molecular weight is 872 g/mol. The van der Waals surface area contributed by atoms with Crippen LogP contribution in [0.25, 0.3) is 0 Å². The largest absolute Gasteiger partial charge is 0.472 e. The molecule has 0 aliphatic rings. The molecule has 9 nitrogen and oxygen atoms in total. The summed E-state index contributed by atoms with van der Waals surface area (Å²) < 4.78 is 32.9. The zero-order valence-corrected chi connectivity index (χ0v) is 40.4. The molecule has 0 heterocycles. The summed E-state index contributed by atoms with van der Waals surface area (Å²) in [6, 6.07) is 0. The van der Waals surface area contributed by atoms with E-state index in [1.54, 1.807) is 0 Å². The quantitative estimate of drug-likeness (QED) is 0.0265. The molecular formula is C50H98NO8P. The van der Waals surface area contributed by atoms with Crippen molar-refractivity contribution in [3.63, 3.8) is 0 Å². The zero-order chi connectivity index (χ0) is 43.9. The summed E-state index contributed by atoms with van der Waals surface area (Å²) in [5, 5.41) is 0. The first-order valence-corrected chi connectivity index (χ1v) is 27.2. The number of rotatable bonds is 49. The van der Waals surface area contributed by atoms with Crippen LogP contribution in [0.5, 0.6) is 0 Å². The topological polar surface area (TPSA) is 134 Å². The summed E-state index contributed by atoms with van der Waals surface area (Å²) >= 11 is 0. The predicted molar refractivity (Wildman–Crippen MR) is 252 cm³/mol. The van der Waals surface area contributed by atoms with Crippen LogP contribution in [0, 0.1) is 0 Å². The lowest BCUT2D eigenvalue weighted by Crippen LogP contribution is -2.29. The maximum Gasteiger partial charge on any atom is 0.472 e. The van der Waals surface area contributed by atoms with Crippen molar-refractivity contribution in [2.24, 2.45) is 5.73 Å². The van der Waals surface area contributed by atoms with Crippen molar-refractivity contribution in [2.75, 3.05) is 26.4 Å². The number of esters is 2. The van der Waals surface area contributed by atoms with Crippen LogP contribution in [0.1, 0.15) is 264 Å². The van der Waals surface area contributed by atoms with Crippen LogP contribution in [0.15, 0.2) is 12.2 Å². The van der Waals surface area contributed by atoms with E-state index in [1.165, 1.54) is 186 Å². The van der Waals surface area contributed by atoms with Gasteiger partial charge < -0.3 is 20.1 Å². The lowest BCUT2D eigenvalue weighted by molar-refractivity contribution is -0.161. The van der Waals surface area contributed by atoms with Gasteiger partial charge in [-0.05, 0) is 38.5 Å². The first-order chi connectivity index (χ1) is 29.3. The smallest absolute Gasteiger partial charge is 0.462 e. The molecule has 0 rings (SSSR count). The highest BCUT2D eigenvalue weighted by atomic mass is 31.2. The molecule has 60 heavy (non-hydrogen) atoms. The second kappa shape index (κ2) is 47.2. The molecule has 0 spiro atoms. The van der Waals surface area contributed by atoms with Crippen molar-refractivity contribution in [2.45, 2.75) is 270 Å². The van der Waals surface area contributed by atoms with Crippen LogP contribution >= 0.6 is 7.82 Å². The van der Waals surface area contributed by atoms with Gasteiger partial charge in [-0.15, -0.1) is 0 Å². The Balaban J connectivity index is 3.99. The third kappa shape index (κ3) is 46.3. The van der Waals surface area contributed by atoms with Gasteiger partial charge in [0.15, 0.2) is 6.10 Å². The first kappa shape index (κ1) is 58.8. The minimum Gasteiger partial charge on any atom is -0.462 e. The fourth-order valence-corrected chi connectivity index (χ4v) is 8.34. The van der Waals surface area contributed by atoms with Gasteiger partial charge >= 0.3 is 19.8 Å². The number of nitrogens with two attached hydrogens (primary N) is 1. The Hall–Kier alpha value is -1.25. The van der Waals surface area contributed by atoms with Gasteiger partial charge in [-0.2, -0.15) is 0 Å². The zero-order valence-electron chi connectivity index (χ0n) is 39.5. The number of phosphoric ester groups is 1. The summed E-state index contributed by atoms with van der Waals surface area (Å²) in [5.41, 5.74) is 5.37. The molecule has 0 amide bonds. The third-order valence-corrected chi connectivity index (χ3v) is 12.4. The molecule has 0 aromatic rings. The summed E-state index contributed by atoms with van der Waals surface area (Å²) in [4.78, 5) is 35.0. The Bertz CT molecular complexity index is 995. The van der Waals surface area contributed by atoms with E-state index in [4.69, 9.17) is 24.3 Å². The van der Waals surface area contributed by atoms with Crippen molar-refractivity contribution in [3.8, 4) is 0 Å². The number of ether oxygens (including phenoxy) is 2. The highest BCUT2D eigenvalue weighted by Gasteiger charge is 2.26. The van der Waals surface area contributed by atoms with Crippen LogP contribution in [0.4, 0.5) is 0 Å². The molecule has 0 aromatic heterocycles. The molecule has 0 aliphatic carbocycles. The summed E-state index contributed by atoms with van der Waals surface area (Å²) in [5.74, 6) is -0.817. The highest BCUT2D eigenvalue weighted by molar-refractivity contribution is 7.47. The number of hydrogen-bond donors (Lipinski definition) is 2. The van der Waals surface area contributed by atoms with Crippen molar-refractivity contribution >= 4 is 19.8 Å². The van der Waals surface area contributed by atoms with Crippen LogP contribution in [0.2, 0.25) is 0 Å². The molecule has 0 bridgehead atoms. The molecule has 10 heteroatoms. The van der Waals surface area contributed by atoms with Crippen LogP contribution < -0.4 is 5.73 Å². The summed E-state index contributed by atoms with van der Waals surface area (Å²) in [7, 11) is -4.38. The molecule has 1 unspecified atom stereocenters. The molecule has 0 aliphatic heterocycles. The second-order valence-electron chi connectivity index (χ2n) is 17.4. The van der Waals surface area contributed by atoms with E-state index in [0.717, 1.165) is 44.9 Å². The van der Waals surface area contributed by atoms with Crippen LogP contribution in [-0.2, 0) is 32.7 Å². The minimum atomic E-state index is -4.38. The van der Waals surface area contributed by atoms with E-state index in [1.807, 2.05) is 0 Å². The van der Waals surface area contributed by atoms with E-state index in [2.05, 4.69) is 26.0 Å². The Kier molecular flexibility index (Phi) is 46.3. The number of carbonyl (C=O) groups is 2. The second-order valence-corrected chi connectivity index (χ2v) is 18.9. The summed E-state index contributed by atoms with van der Waals surface area (Å²) in [6.07, 6.45) is 51.1. The maximum atomic E-state index is 12.6. The lowest BCUT2D eigenvalue weighted by Gasteiger charge is -2.19. The normalized spacial score (nSPS) is 13.2. The van der Waals surface area contributed by atoms with E-state index >= 15 is 0 Å². The first-order valence-electron chi connectivity index (χ1n) is 25.7. The van der Waals surface area contributed by atoms with Gasteiger partial charge in [-0.3, -0.25) is 18.6 Å². The molecule has 3 N–H and O–H groups in total. The molecule has 0 fully saturated rings. The monoisotopic (exact) mass is 872 g/mol. The van der Waals surface area contributed by atoms with Crippen molar-refractivity contribution < 1.29 is 37.6 Å². The number of hydrogen-bond acceptors (Lipinski definition) is 8. The van der Waals surface area contributed by atoms with Crippen molar-refractivity contribution in [3.05, 3.63) is 12.2 Å². The van der Waals surface area contributed by atoms with Gasteiger partial charge in [0.1, 0.15) is 6.61 Å². The fourth-order valence-electron chi connectivity index (χ4n) is 7.57. The van der Waals surface area contributed by atoms with Gasteiger partial charge in [-0.1, -0.05) is 225 Å². The minimum absolute atomic E-state index is 0.0558. The van der Waals surface area contributed by atoms with E-state index in [0.29, 0.717) is 6.42 Å². The van der Waals surface area contributed by atoms with Gasteiger partial charge in [0.05, 0.1) is 13.2 Å². The Morgan fingerprint density at radius 1 is 0.483 bits per heavy atom. The lowest BCUT2D eigenvalue weighted by atomic mass is 10.0. The number of unbranched alkanes of at least 4 members (excludes halogenated alkanes) is 34. The van der Waals surface area contributed by atoms with Crippen LogP contribution in [-0.4, -0.2) is 49.3 Å². The van der Waals surface area contributed by atoms with Gasteiger partial charge in [0, 0.05) is 19.4 Å². The van der Waals surface area contributed by atoms with Gasteiger partial charge in [-0.25, -0.2) is 4.57 Å². The SMILES string of the molecule is CCCCCCCC/C=C/CCCCCCCCCC(=O)O[C@H](COC(=O)CCCCCCCCCCCCCCCCCCCCCCCC)COP(=O)(O)OCCN. The number of allylic oxidation sites excluding steroid dienone is 2. The number of phosphoric acid groups is 1. The highest BCUT2D eigenvalue weighted by Crippen LogP contribution is 2.43. The molecule has 0 radical (unpaired) electrons. The fraction of sp³-hybridized carbons (Fsp3) is 0.920. The van der Waals surface area contributed by atoms with Crippen molar-refractivity contribution in [1.82, 2.24) is 0 Å². The van der Waals surface area contributed by atoms with Gasteiger partial charge in [0.25, 0.3) is 0 Å². The molecule has 0 saturated heterocycles. The molecule has 2 atom stereocenters. The Morgan fingerprint density at radius 2 is 0.817 bits per heavy atom.